The van der Waals surface area contributed by atoms with Crippen LogP contribution in [-0.2, 0) is 6.54 Å². The Kier molecular flexibility index (Phi) is 3.65. The van der Waals surface area contributed by atoms with Crippen LogP contribution in [0.1, 0.15) is 10.7 Å². The second-order valence-corrected chi connectivity index (χ2v) is 3.85. The van der Waals surface area contributed by atoms with Gasteiger partial charge in [-0.1, -0.05) is 0 Å². The maximum atomic E-state index is 5.43. The highest BCUT2D eigenvalue weighted by Gasteiger charge is 2.01. The van der Waals surface area contributed by atoms with Crippen LogP contribution in [0.4, 0.5) is 0 Å². The molecule has 0 amide bonds. The normalized spacial score (nSPS) is 11.0. The van der Waals surface area contributed by atoms with Crippen molar-refractivity contribution in [2.24, 2.45) is 5.73 Å². The molecule has 0 aromatic carbocycles. The predicted molar refractivity (Wildman–Crippen MR) is 52.2 cm³/mol. The highest BCUT2D eigenvalue weighted by Crippen LogP contribution is 2.09. The zero-order valence-corrected chi connectivity index (χ0v) is 8.40. The zero-order valence-electron chi connectivity index (χ0n) is 7.58. The summed E-state index contributed by atoms with van der Waals surface area (Å²) in [6.07, 6.45) is 0. The van der Waals surface area contributed by atoms with Gasteiger partial charge in [-0.2, -0.15) is 0 Å². The van der Waals surface area contributed by atoms with Crippen LogP contribution < -0.4 is 5.73 Å². The van der Waals surface area contributed by atoms with Crippen molar-refractivity contribution in [3.05, 3.63) is 16.1 Å². The summed E-state index contributed by atoms with van der Waals surface area (Å²) in [6, 6.07) is 0. The van der Waals surface area contributed by atoms with Crippen molar-refractivity contribution in [3.63, 3.8) is 0 Å². The van der Waals surface area contributed by atoms with E-state index in [0.29, 0.717) is 6.54 Å². The van der Waals surface area contributed by atoms with Crippen LogP contribution in [-0.4, -0.2) is 30.0 Å². The maximum absolute atomic E-state index is 5.43. The molecular formula is C8H15N3S. The standard InChI is InChI=1S/C8H15N3S/c1-7-6-12-8(10-7)5-11(2)4-3-9/h6H,3-5,9H2,1-2H3. The first-order valence-corrected chi connectivity index (χ1v) is 4.90. The van der Waals surface area contributed by atoms with Gasteiger partial charge in [-0.3, -0.25) is 4.90 Å². The average molecular weight is 185 g/mol. The number of aromatic nitrogens is 1. The Labute approximate surface area is 77.2 Å². The van der Waals surface area contributed by atoms with Gasteiger partial charge < -0.3 is 5.73 Å². The summed E-state index contributed by atoms with van der Waals surface area (Å²) in [5.41, 5.74) is 6.54. The Hall–Kier alpha value is -0.450. The number of aryl methyl sites for hydroxylation is 1. The zero-order chi connectivity index (χ0) is 8.97. The first-order valence-electron chi connectivity index (χ1n) is 4.02. The number of nitrogens with two attached hydrogens (primary N) is 1. The number of likely N-dealkylation sites (N-methyl/N-ethyl adjacent to an activating group) is 1. The molecule has 2 N–H and O–H groups in total. The summed E-state index contributed by atoms with van der Waals surface area (Å²) in [4.78, 5) is 6.55. The number of rotatable bonds is 4. The van der Waals surface area contributed by atoms with Crippen LogP contribution in [0.5, 0.6) is 0 Å². The lowest BCUT2D eigenvalue weighted by molar-refractivity contribution is 0.335. The summed E-state index contributed by atoms with van der Waals surface area (Å²) in [5.74, 6) is 0. The van der Waals surface area contributed by atoms with E-state index in [9.17, 15) is 0 Å². The second-order valence-electron chi connectivity index (χ2n) is 2.91. The largest absolute Gasteiger partial charge is 0.329 e. The molecule has 0 atom stereocenters. The van der Waals surface area contributed by atoms with E-state index in [2.05, 4.69) is 22.3 Å². The van der Waals surface area contributed by atoms with Gasteiger partial charge in [-0.15, -0.1) is 11.3 Å². The van der Waals surface area contributed by atoms with Crippen LogP contribution in [0.25, 0.3) is 0 Å². The van der Waals surface area contributed by atoms with Crippen molar-refractivity contribution >= 4 is 11.3 Å². The summed E-state index contributed by atoms with van der Waals surface area (Å²) in [7, 11) is 2.06. The van der Waals surface area contributed by atoms with Gasteiger partial charge in [0.15, 0.2) is 0 Å². The third-order valence-corrected chi connectivity index (χ3v) is 2.53. The third kappa shape index (κ3) is 2.89. The van der Waals surface area contributed by atoms with E-state index in [4.69, 9.17) is 5.73 Å². The monoisotopic (exact) mass is 185 g/mol. The molecule has 0 unspecified atom stereocenters. The Morgan fingerprint density at radius 3 is 2.92 bits per heavy atom. The van der Waals surface area contributed by atoms with Gasteiger partial charge in [0.1, 0.15) is 5.01 Å². The third-order valence-electron chi connectivity index (χ3n) is 1.58. The summed E-state index contributed by atoms with van der Waals surface area (Å²) in [6.45, 7) is 4.57. The van der Waals surface area contributed by atoms with Gasteiger partial charge >= 0.3 is 0 Å². The van der Waals surface area contributed by atoms with Gasteiger partial charge in [0.05, 0.1) is 6.54 Å². The molecule has 4 heteroatoms. The van der Waals surface area contributed by atoms with E-state index in [1.807, 2.05) is 6.92 Å². The highest BCUT2D eigenvalue weighted by molar-refractivity contribution is 7.09. The Morgan fingerprint density at radius 2 is 2.42 bits per heavy atom. The van der Waals surface area contributed by atoms with Crippen molar-refractivity contribution in [1.82, 2.24) is 9.88 Å². The molecule has 1 aromatic rings. The van der Waals surface area contributed by atoms with Gasteiger partial charge in [0.25, 0.3) is 0 Å². The van der Waals surface area contributed by atoms with Crippen molar-refractivity contribution in [2.45, 2.75) is 13.5 Å². The van der Waals surface area contributed by atoms with E-state index in [1.54, 1.807) is 11.3 Å². The average Bonchev–Trinajstić information content (AvgIpc) is 2.36. The molecule has 0 radical (unpaired) electrons. The summed E-state index contributed by atoms with van der Waals surface area (Å²) >= 11 is 1.71. The van der Waals surface area contributed by atoms with Crippen LogP contribution in [0.15, 0.2) is 5.38 Å². The fraction of sp³-hybridized carbons (Fsp3) is 0.625. The Bertz CT molecular complexity index is 234. The minimum atomic E-state index is 0.709. The molecule has 12 heavy (non-hydrogen) atoms. The van der Waals surface area contributed by atoms with Gasteiger partial charge in [-0.05, 0) is 14.0 Å². The molecule has 0 spiro atoms. The van der Waals surface area contributed by atoms with Crippen LogP contribution >= 0.6 is 11.3 Å². The molecule has 1 aromatic heterocycles. The first kappa shape index (κ1) is 9.64. The van der Waals surface area contributed by atoms with Gasteiger partial charge in [0, 0.05) is 24.2 Å². The lowest BCUT2D eigenvalue weighted by atomic mass is 10.5. The molecule has 68 valence electrons. The van der Waals surface area contributed by atoms with E-state index in [-0.39, 0.29) is 0 Å². The van der Waals surface area contributed by atoms with Crippen molar-refractivity contribution in [2.75, 3.05) is 20.1 Å². The smallest absolute Gasteiger partial charge is 0.107 e. The Balaban J connectivity index is 2.41. The molecule has 1 heterocycles. The molecular weight excluding hydrogens is 170 g/mol. The Morgan fingerprint density at radius 1 is 1.67 bits per heavy atom. The lowest BCUT2D eigenvalue weighted by Crippen LogP contribution is -2.24. The molecule has 0 aliphatic rings. The van der Waals surface area contributed by atoms with Crippen molar-refractivity contribution in [1.29, 1.82) is 0 Å². The fourth-order valence-corrected chi connectivity index (χ4v) is 1.86. The number of hydrogen-bond donors (Lipinski definition) is 1. The van der Waals surface area contributed by atoms with Crippen LogP contribution in [0.3, 0.4) is 0 Å². The molecule has 0 saturated carbocycles. The SMILES string of the molecule is Cc1csc(CN(C)CCN)n1. The number of hydrogen-bond acceptors (Lipinski definition) is 4. The molecule has 0 saturated heterocycles. The lowest BCUT2D eigenvalue weighted by Gasteiger charge is -2.12. The van der Waals surface area contributed by atoms with E-state index < -0.39 is 0 Å². The van der Waals surface area contributed by atoms with Crippen LogP contribution in [0, 0.1) is 6.92 Å². The number of thiazole rings is 1. The fourth-order valence-electron chi connectivity index (χ4n) is 1.01. The summed E-state index contributed by atoms with van der Waals surface area (Å²) < 4.78 is 0. The molecule has 0 bridgehead atoms. The minimum Gasteiger partial charge on any atom is -0.329 e. The maximum Gasteiger partial charge on any atom is 0.107 e. The molecule has 0 fully saturated rings. The van der Waals surface area contributed by atoms with Crippen molar-refractivity contribution in [3.8, 4) is 0 Å². The van der Waals surface area contributed by atoms with E-state index >= 15 is 0 Å². The second kappa shape index (κ2) is 4.54. The molecule has 0 aliphatic carbocycles. The van der Waals surface area contributed by atoms with Gasteiger partial charge in [-0.25, -0.2) is 4.98 Å². The van der Waals surface area contributed by atoms with E-state index in [1.165, 1.54) is 5.01 Å². The van der Waals surface area contributed by atoms with Gasteiger partial charge in [0.2, 0.25) is 0 Å². The molecule has 0 aliphatic heterocycles. The molecule has 1 rings (SSSR count). The minimum absolute atomic E-state index is 0.709. The van der Waals surface area contributed by atoms with Crippen LogP contribution in [0.2, 0.25) is 0 Å². The highest BCUT2D eigenvalue weighted by atomic mass is 32.1. The van der Waals surface area contributed by atoms with Crippen molar-refractivity contribution < 1.29 is 0 Å². The topological polar surface area (TPSA) is 42.1 Å². The number of nitrogens with zero attached hydrogens (tertiary/aromatic N) is 2. The quantitative estimate of drug-likeness (QED) is 0.756. The first-order chi connectivity index (χ1) is 5.72. The predicted octanol–water partition coefficient (Wildman–Crippen LogP) is 0.842. The summed E-state index contributed by atoms with van der Waals surface area (Å²) in [5, 5.41) is 3.24. The van der Waals surface area contributed by atoms with E-state index in [0.717, 1.165) is 18.8 Å². The molecule has 3 nitrogen and oxygen atoms in total.